The molecule has 0 spiro atoms. The van der Waals surface area contributed by atoms with Gasteiger partial charge >= 0.3 is 5.63 Å². The van der Waals surface area contributed by atoms with Crippen LogP contribution in [-0.2, 0) is 0 Å². The number of fused-ring (bicyclic) bond motifs is 3. The van der Waals surface area contributed by atoms with Crippen LogP contribution in [0.2, 0.25) is 0 Å². The van der Waals surface area contributed by atoms with E-state index in [0.717, 1.165) is 0 Å². The summed E-state index contributed by atoms with van der Waals surface area (Å²) in [4.78, 5) is 11.6. The van der Waals surface area contributed by atoms with Crippen molar-refractivity contribution in [3.63, 3.8) is 0 Å². The lowest BCUT2D eigenvalue weighted by atomic mass is 10.0. The van der Waals surface area contributed by atoms with Crippen LogP contribution in [0, 0.1) is 0 Å². The number of benzene rings is 2. The van der Waals surface area contributed by atoms with Crippen molar-refractivity contribution in [3.05, 3.63) is 58.4 Å². The Balaban J connectivity index is 1.84. The topological polar surface area (TPSA) is 98.4 Å². The molecule has 0 fully saturated rings. The van der Waals surface area contributed by atoms with Crippen molar-refractivity contribution in [1.29, 1.82) is 0 Å². The molecule has 1 aliphatic heterocycles. The number of ether oxygens (including phenoxy) is 3. The van der Waals surface area contributed by atoms with E-state index in [1.54, 1.807) is 30.3 Å². The van der Waals surface area contributed by atoms with Crippen LogP contribution in [0.25, 0.3) is 11.0 Å². The molecule has 2 aromatic carbocycles. The minimum Gasteiger partial charge on any atom is -0.504 e. The van der Waals surface area contributed by atoms with E-state index in [9.17, 15) is 15.0 Å². The summed E-state index contributed by atoms with van der Waals surface area (Å²) in [6.45, 7) is -0.288. The molecule has 0 aliphatic carbocycles. The van der Waals surface area contributed by atoms with Crippen molar-refractivity contribution in [2.75, 3.05) is 13.7 Å². The Morgan fingerprint density at radius 2 is 1.92 bits per heavy atom. The summed E-state index contributed by atoms with van der Waals surface area (Å²) in [5.41, 5.74) is 0.420. The fraction of sp³-hybridized carbons (Fsp3) is 0.211. The van der Waals surface area contributed by atoms with Gasteiger partial charge in [0.25, 0.3) is 0 Å². The van der Waals surface area contributed by atoms with Crippen molar-refractivity contribution >= 4 is 11.0 Å². The maximum Gasteiger partial charge on any atom is 0.336 e. The summed E-state index contributed by atoms with van der Waals surface area (Å²) in [5, 5.41) is 20.2. The fourth-order valence-electron chi connectivity index (χ4n) is 3.01. The van der Waals surface area contributed by atoms with Crippen LogP contribution >= 0.6 is 0 Å². The Kier molecular flexibility index (Phi) is 3.93. The smallest absolute Gasteiger partial charge is 0.336 e. The molecule has 0 bridgehead atoms. The Labute approximate surface area is 148 Å². The van der Waals surface area contributed by atoms with Gasteiger partial charge in [-0.3, -0.25) is 0 Å². The van der Waals surface area contributed by atoms with E-state index >= 15 is 0 Å². The molecular formula is C19H16O7. The summed E-state index contributed by atoms with van der Waals surface area (Å²) >= 11 is 0. The van der Waals surface area contributed by atoms with Gasteiger partial charge in [-0.1, -0.05) is 6.07 Å². The van der Waals surface area contributed by atoms with Crippen LogP contribution < -0.4 is 19.8 Å². The zero-order valence-corrected chi connectivity index (χ0v) is 13.8. The number of methoxy groups -OCH3 is 1. The quantitative estimate of drug-likeness (QED) is 0.695. The minimum absolute atomic E-state index is 0.00891. The lowest BCUT2D eigenvalue weighted by Crippen LogP contribution is -2.36. The highest BCUT2D eigenvalue weighted by atomic mass is 16.6. The van der Waals surface area contributed by atoms with Gasteiger partial charge in [-0.25, -0.2) is 4.79 Å². The SMILES string of the molecule is COc1cc([C@@H]2Oc3c(ccc4ccc(=O)oc34)O[C@H]2CO)ccc1O. The van der Waals surface area contributed by atoms with E-state index in [1.807, 2.05) is 0 Å². The first kappa shape index (κ1) is 16.3. The van der Waals surface area contributed by atoms with E-state index in [0.29, 0.717) is 22.4 Å². The number of hydrogen-bond donors (Lipinski definition) is 2. The van der Waals surface area contributed by atoms with Gasteiger partial charge in [-0.05, 0) is 30.3 Å². The summed E-state index contributed by atoms with van der Waals surface area (Å²) < 4.78 is 22.4. The summed E-state index contributed by atoms with van der Waals surface area (Å²) in [6, 6.07) is 11.2. The largest absolute Gasteiger partial charge is 0.504 e. The molecule has 0 unspecified atom stereocenters. The molecule has 1 aliphatic rings. The third-order valence-electron chi connectivity index (χ3n) is 4.28. The Morgan fingerprint density at radius 3 is 2.69 bits per heavy atom. The van der Waals surface area contributed by atoms with Gasteiger partial charge in [0, 0.05) is 17.0 Å². The van der Waals surface area contributed by atoms with Crippen LogP contribution in [0.1, 0.15) is 11.7 Å². The van der Waals surface area contributed by atoms with Crippen molar-refractivity contribution in [2.45, 2.75) is 12.2 Å². The van der Waals surface area contributed by atoms with Crippen LogP contribution in [0.5, 0.6) is 23.0 Å². The molecule has 2 atom stereocenters. The zero-order valence-electron chi connectivity index (χ0n) is 13.8. The lowest BCUT2D eigenvalue weighted by molar-refractivity contribution is -0.0119. The van der Waals surface area contributed by atoms with E-state index < -0.39 is 17.8 Å². The summed E-state index contributed by atoms with van der Waals surface area (Å²) in [5.74, 6) is 0.943. The molecule has 0 amide bonds. The zero-order chi connectivity index (χ0) is 18.3. The third kappa shape index (κ3) is 2.62. The lowest BCUT2D eigenvalue weighted by Gasteiger charge is -2.33. The average Bonchev–Trinajstić information content (AvgIpc) is 2.67. The molecule has 3 aromatic rings. The predicted octanol–water partition coefficient (Wildman–Crippen LogP) is 2.38. The normalized spacial score (nSPS) is 18.7. The summed E-state index contributed by atoms with van der Waals surface area (Å²) in [7, 11) is 1.44. The highest BCUT2D eigenvalue weighted by molar-refractivity contribution is 5.85. The minimum atomic E-state index is -0.682. The molecule has 1 aromatic heterocycles. The van der Waals surface area contributed by atoms with Crippen LogP contribution in [0.3, 0.4) is 0 Å². The molecule has 2 heterocycles. The Hall–Kier alpha value is -3.19. The van der Waals surface area contributed by atoms with Gasteiger partial charge in [0.15, 0.2) is 35.0 Å². The van der Waals surface area contributed by atoms with Gasteiger partial charge in [-0.15, -0.1) is 0 Å². The monoisotopic (exact) mass is 356 g/mol. The molecule has 0 saturated carbocycles. The van der Waals surface area contributed by atoms with Crippen LogP contribution in [0.4, 0.5) is 0 Å². The van der Waals surface area contributed by atoms with Crippen molar-refractivity contribution in [2.24, 2.45) is 0 Å². The number of phenols is 1. The molecule has 0 radical (unpaired) electrons. The number of hydrogen-bond acceptors (Lipinski definition) is 7. The first-order valence-corrected chi connectivity index (χ1v) is 7.98. The first-order valence-electron chi connectivity index (χ1n) is 7.98. The highest BCUT2D eigenvalue weighted by Gasteiger charge is 2.34. The Bertz CT molecular complexity index is 1020. The van der Waals surface area contributed by atoms with Gasteiger partial charge in [-0.2, -0.15) is 0 Å². The predicted molar refractivity (Wildman–Crippen MR) is 92.0 cm³/mol. The molecular weight excluding hydrogens is 340 g/mol. The third-order valence-corrected chi connectivity index (χ3v) is 4.28. The average molecular weight is 356 g/mol. The van der Waals surface area contributed by atoms with Gasteiger partial charge in [0.1, 0.15) is 0 Å². The van der Waals surface area contributed by atoms with Gasteiger partial charge in [0.2, 0.25) is 5.75 Å². The molecule has 7 nitrogen and oxygen atoms in total. The molecule has 0 saturated heterocycles. The number of aliphatic hydroxyl groups excluding tert-OH is 1. The van der Waals surface area contributed by atoms with Crippen LogP contribution in [0.15, 0.2) is 51.7 Å². The molecule has 4 rings (SSSR count). The first-order chi connectivity index (χ1) is 12.6. The van der Waals surface area contributed by atoms with Gasteiger partial charge < -0.3 is 28.8 Å². The number of rotatable bonds is 3. The highest BCUT2D eigenvalue weighted by Crippen LogP contribution is 2.44. The van der Waals surface area contributed by atoms with Crippen molar-refractivity contribution in [1.82, 2.24) is 0 Å². The second-order valence-electron chi connectivity index (χ2n) is 5.87. The van der Waals surface area contributed by atoms with E-state index in [1.165, 1.54) is 19.2 Å². The molecule has 134 valence electrons. The molecule has 2 N–H and O–H groups in total. The van der Waals surface area contributed by atoms with E-state index in [-0.39, 0.29) is 23.7 Å². The second kappa shape index (κ2) is 6.27. The molecule has 26 heavy (non-hydrogen) atoms. The van der Waals surface area contributed by atoms with E-state index in [2.05, 4.69) is 0 Å². The maximum atomic E-state index is 11.6. The van der Waals surface area contributed by atoms with E-state index in [4.69, 9.17) is 18.6 Å². The fourth-order valence-corrected chi connectivity index (χ4v) is 3.01. The maximum absolute atomic E-state index is 11.6. The number of aliphatic hydroxyl groups is 1. The van der Waals surface area contributed by atoms with Crippen LogP contribution in [-0.4, -0.2) is 30.0 Å². The number of phenolic OH excluding ortho intramolecular Hbond substituents is 1. The molecule has 7 heteroatoms. The van der Waals surface area contributed by atoms with Crippen molar-refractivity contribution in [3.8, 4) is 23.0 Å². The Morgan fingerprint density at radius 1 is 1.12 bits per heavy atom. The standard InChI is InChI=1S/C19H16O7/c1-23-14-8-11(2-5-12(14)21)17-15(9-20)24-13-6-3-10-4-7-16(22)25-18(10)19(13)26-17/h2-8,15,17,20-21H,9H2,1H3/t15-,17-/m0/s1. The van der Waals surface area contributed by atoms with Crippen molar-refractivity contribution < 1.29 is 28.8 Å². The summed E-state index contributed by atoms with van der Waals surface area (Å²) in [6.07, 6.45) is -1.36. The second-order valence-corrected chi connectivity index (χ2v) is 5.87. The number of aromatic hydroxyl groups is 1. The van der Waals surface area contributed by atoms with Gasteiger partial charge in [0.05, 0.1) is 13.7 Å².